The third-order valence-electron chi connectivity index (χ3n) is 2.21. The van der Waals surface area contributed by atoms with Crippen LogP contribution in [-0.4, -0.2) is 5.11 Å². The first-order chi connectivity index (χ1) is 7.59. The molecule has 2 aromatic carbocycles. The molecule has 0 aromatic heterocycles. The number of phenols is 1. The molecule has 82 valence electrons. The molecule has 4 heteroatoms. The molecular formula is C12H7ClF2O. The van der Waals surface area contributed by atoms with Gasteiger partial charge in [-0.15, -0.1) is 0 Å². The van der Waals surface area contributed by atoms with Gasteiger partial charge in [0.25, 0.3) is 0 Å². The number of rotatable bonds is 1. The van der Waals surface area contributed by atoms with Gasteiger partial charge < -0.3 is 5.11 Å². The van der Waals surface area contributed by atoms with Crippen molar-refractivity contribution >= 4 is 11.6 Å². The number of phenolic OH excluding ortho intramolecular Hbond substituents is 1. The Balaban J connectivity index is 2.59. The predicted molar refractivity (Wildman–Crippen MR) is 58.5 cm³/mol. The lowest BCUT2D eigenvalue weighted by Crippen LogP contribution is -1.86. The number of halogens is 3. The lowest BCUT2D eigenvalue weighted by molar-refractivity contribution is 0.432. The van der Waals surface area contributed by atoms with Crippen LogP contribution in [0.5, 0.6) is 5.75 Å². The van der Waals surface area contributed by atoms with Crippen LogP contribution in [0, 0.1) is 11.6 Å². The number of benzene rings is 2. The molecule has 0 aliphatic carbocycles. The van der Waals surface area contributed by atoms with Crippen molar-refractivity contribution in [1.82, 2.24) is 0 Å². The van der Waals surface area contributed by atoms with Gasteiger partial charge in [0.1, 0.15) is 5.82 Å². The van der Waals surface area contributed by atoms with Crippen molar-refractivity contribution in [2.24, 2.45) is 0 Å². The highest BCUT2D eigenvalue weighted by Crippen LogP contribution is 2.30. The molecule has 0 radical (unpaired) electrons. The van der Waals surface area contributed by atoms with E-state index < -0.39 is 17.4 Å². The summed E-state index contributed by atoms with van der Waals surface area (Å²) in [4.78, 5) is 0. The van der Waals surface area contributed by atoms with Gasteiger partial charge in [-0.3, -0.25) is 0 Å². The Kier molecular flexibility index (Phi) is 2.79. The second-order valence-corrected chi connectivity index (χ2v) is 3.67. The lowest BCUT2D eigenvalue weighted by Gasteiger charge is -2.05. The highest BCUT2D eigenvalue weighted by molar-refractivity contribution is 6.31. The zero-order chi connectivity index (χ0) is 11.7. The summed E-state index contributed by atoms with van der Waals surface area (Å²) in [6.45, 7) is 0. The summed E-state index contributed by atoms with van der Waals surface area (Å²) < 4.78 is 26.4. The maximum atomic E-state index is 13.6. The van der Waals surface area contributed by atoms with Crippen molar-refractivity contribution < 1.29 is 13.9 Å². The molecular weight excluding hydrogens is 234 g/mol. The van der Waals surface area contributed by atoms with Crippen molar-refractivity contribution in [2.45, 2.75) is 0 Å². The standard InChI is InChI=1S/C12H7ClF2O/c13-9-3-1-2-8(12(9)15)7-4-5-10(14)11(16)6-7/h1-6,16H. The first-order valence-electron chi connectivity index (χ1n) is 4.52. The van der Waals surface area contributed by atoms with Crippen LogP contribution >= 0.6 is 11.6 Å². The molecule has 0 unspecified atom stereocenters. The Bertz CT molecular complexity index is 541. The van der Waals surface area contributed by atoms with E-state index in [1.807, 2.05) is 0 Å². The van der Waals surface area contributed by atoms with E-state index in [1.54, 1.807) is 6.07 Å². The molecule has 0 aliphatic heterocycles. The summed E-state index contributed by atoms with van der Waals surface area (Å²) >= 11 is 5.62. The molecule has 0 bridgehead atoms. The largest absolute Gasteiger partial charge is 0.505 e. The molecule has 0 fully saturated rings. The molecule has 1 N–H and O–H groups in total. The average Bonchev–Trinajstić information content (AvgIpc) is 2.26. The Morgan fingerprint density at radius 3 is 2.50 bits per heavy atom. The van der Waals surface area contributed by atoms with E-state index in [0.717, 1.165) is 12.1 Å². The van der Waals surface area contributed by atoms with E-state index in [1.165, 1.54) is 18.2 Å². The van der Waals surface area contributed by atoms with Gasteiger partial charge in [0.15, 0.2) is 11.6 Å². The highest BCUT2D eigenvalue weighted by atomic mass is 35.5. The topological polar surface area (TPSA) is 20.2 Å². The van der Waals surface area contributed by atoms with Crippen molar-refractivity contribution in [3.05, 3.63) is 53.1 Å². The SMILES string of the molecule is Oc1cc(-c2cccc(Cl)c2F)ccc1F. The average molecular weight is 241 g/mol. The third-order valence-corrected chi connectivity index (χ3v) is 2.50. The van der Waals surface area contributed by atoms with E-state index >= 15 is 0 Å². The lowest BCUT2D eigenvalue weighted by atomic mass is 10.0. The smallest absolute Gasteiger partial charge is 0.164 e. The van der Waals surface area contributed by atoms with E-state index in [4.69, 9.17) is 11.6 Å². The molecule has 0 spiro atoms. The van der Waals surface area contributed by atoms with Crippen LogP contribution in [-0.2, 0) is 0 Å². The van der Waals surface area contributed by atoms with Gasteiger partial charge in [-0.25, -0.2) is 8.78 Å². The van der Waals surface area contributed by atoms with Crippen LogP contribution in [0.15, 0.2) is 36.4 Å². The minimum atomic E-state index is -0.744. The van der Waals surface area contributed by atoms with Gasteiger partial charge in [-0.1, -0.05) is 29.8 Å². The Morgan fingerprint density at radius 1 is 1.06 bits per heavy atom. The van der Waals surface area contributed by atoms with E-state index in [-0.39, 0.29) is 10.6 Å². The Labute approximate surface area is 95.9 Å². The van der Waals surface area contributed by atoms with Crippen LogP contribution in [0.2, 0.25) is 5.02 Å². The van der Waals surface area contributed by atoms with Gasteiger partial charge in [0.2, 0.25) is 0 Å². The second kappa shape index (κ2) is 4.10. The first-order valence-corrected chi connectivity index (χ1v) is 4.90. The minimum absolute atomic E-state index is 0.0127. The molecule has 0 saturated heterocycles. The van der Waals surface area contributed by atoms with Crippen LogP contribution in [0.25, 0.3) is 11.1 Å². The van der Waals surface area contributed by atoms with Crippen molar-refractivity contribution in [2.75, 3.05) is 0 Å². The number of hydrogen-bond acceptors (Lipinski definition) is 1. The molecule has 2 aromatic rings. The normalized spacial score (nSPS) is 10.4. The summed E-state index contributed by atoms with van der Waals surface area (Å²) in [6.07, 6.45) is 0. The summed E-state index contributed by atoms with van der Waals surface area (Å²) in [5.41, 5.74) is 0.599. The van der Waals surface area contributed by atoms with Gasteiger partial charge in [0, 0.05) is 5.56 Å². The molecule has 0 amide bonds. The van der Waals surface area contributed by atoms with Crippen molar-refractivity contribution in [3.63, 3.8) is 0 Å². The molecule has 16 heavy (non-hydrogen) atoms. The van der Waals surface area contributed by atoms with Crippen molar-refractivity contribution in [3.8, 4) is 16.9 Å². The molecule has 2 rings (SSSR count). The maximum Gasteiger partial charge on any atom is 0.164 e. The highest BCUT2D eigenvalue weighted by Gasteiger charge is 2.10. The number of hydrogen-bond donors (Lipinski definition) is 1. The summed E-state index contributed by atoms with van der Waals surface area (Å²) in [7, 11) is 0. The van der Waals surface area contributed by atoms with Gasteiger partial charge in [0.05, 0.1) is 5.02 Å². The van der Waals surface area contributed by atoms with Gasteiger partial charge >= 0.3 is 0 Å². The van der Waals surface area contributed by atoms with Crippen molar-refractivity contribution in [1.29, 1.82) is 0 Å². The third kappa shape index (κ3) is 1.86. The second-order valence-electron chi connectivity index (χ2n) is 3.27. The summed E-state index contributed by atoms with van der Waals surface area (Å²) in [5, 5.41) is 9.18. The minimum Gasteiger partial charge on any atom is -0.505 e. The van der Waals surface area contributed by atoms with E-state index in [2.05, 4.69) is 0 Å². The predicted octanol–water partition coefficient (Wildman–Crippen LogP) is 3.99. The fourth-order valence-corrected chi connectivity index (χ4v) is 1.58. The fourth-order valence-electron chi connectivity index (χ4n) is 1.41. The molecule has 0 aliphatic rings. The number of aromatic hydroxyl groups is 1. The van der Waals surface area contributed by atoms with Crippen LogP contribution in [0.3, 0.4) is 0 Å². The van der Waals surface area contributed by atoms with Crippen LogP contribution < -0.4 is 0 Å². The first kappa shape index (κ1) is 10.9. The molecule has 0 atom stereocenters. The molecule has 0 saturated carbocycles. The monoisotopic (exact) mass is 240 g/mol. The van der Waals surface area contributed by atoms with E-state index in [9.17, 15) is 13.9 Å². The summed E-state index contributed by atoms with van der Waals surface area (Å²) in [5.74, 6) is -1.85. The molecule has 1 nitrogen and oxygen atoms in total. The van der Waals surface area contributed by atoms with Gasteiger partial charge in [-0.05, 0) is 23.8 Å². The Morgan fingerprint density at radius 2 is 1.81 bits per heavy atom. The van der Waals surface area contributed by atoms with Gasteiger partial charge in [-0.2, -0.15) is 0 Å². The zero-order valence-corrected chi connectivity index (χ0v) is 8.80. The van der Waals surface area contributed by atoms with Crippen LogP contribution in [0.4, 0.5) is 8.78 Å². The summed E-state index contributed by atoms with van der Waals surface area (Å²) in [6, 6.07) is 8.12. The Hall–Kier alpha value is -1.61. The fraction of sp³-hybridized carbons (Fsp3) is 0. The quantitative estimate of drug-likeness (QED) is 0.799. The van der Waals surface area contributed by atoms with Crippen LogP contribution in [0.1, 0.15) is 0 Å². The van der Waals surface area contributed by atoms with E-state index in [0.29, 0.717) is 5.56 Å². The maximum absolute atomic E-state index is 13.6. The molecule has 0 heterocycles. The zero-order valence-electron chi connectivity index (χ0n) is 8.05.